The second-order valence-electron chi connectivity index (χ2n) is 3.25. The molecule has 6 heteroatoms. The maximum Gasteiger partial charge on any atom is 0.140 e. The van der Waals surface area contributed by atoms with Crippen molar-refractivity contribution >= 4 is 17.2 Å². The number of nitrogens with two attached hydrogens (primary N) is 1. The highest BCUT2D eigenvalue weighted by Crippen LogP contribution is 1.97. The Morgan fingerprint density at radius 1 is 1.71 bits per heavy atom. The number of rotatable bonds is 5. The lowest BCUT2D eigenvalue weighted by Crippen LogP contribution is -2.24. The minimum Gasteiger partial charge on any atom is -0.393 e. The van der Waals surface area contributed by atoms with Crippen molar-refractivity contribution in [1.82, 2.24) is 19.7 Å². The third-order valence-electron chi connectivity index (χ3n) is 1.96. The summed E-state index contributed by atoms with van der Waals surface area (Å²) in [6.07, 6.45) is 2.29. The van der Waals surface area contributed by atoms with Gasteiger partial charge in [-0.3, -0.25) is 9.58 Å². The van der Waals surface area contributed by atoms with Crippen LogP contribution in [0.15, 0.2) is 6.33 Å². The molecule has 14 heavy (non-hydrogen) atoms. The zero-order valence-corrected chi connectivity index (χ0v) is 9.29. The van der Waals surface area contributed by atoms with Crippen molar-refractivity contribution < 1.29 is 0 Å². The maximum atomic E-state index is 5.42. The second-order valence-corrected chi connectivity index (χ2v) is 3.78. The summed E-state index contributed by atoms with van der Waals surface area (Å²) in [4.78, 5) is 6.79. The predicted octanol–water partition coefficient (Wildman–Crippen LogP) is -0.0769. The van der Waals surface area contributed by atoms with Crippen LogP contribution in [-0.2, 0) is 13.6 Å². The van der Waals surface area contributed by atoms with E-state index in [1.807, 2.05) is 14.1 Å². The van der Waals surface area contributed by atoms with Crippen LogP contribution >= 0.6 is 12.2 Å². The van der Waals surface area contributed by atoms with Gasteiger partial charge < -0.3 is 5.73 Å². The van der Waals surface area contributed by atoms with Crippen LogP contribution in [0.2, 0.25) is 0 Å². The van der Waals surface area contributed by atoms with Gasteiger partial charge in [0.1, 0.15) is 12.2 Å². The highest BCUT2D eigenvalue weighted by Gasteiger charge is 2.05. The zero-order chi connectivity index (χ0) is 10.6. The van der Waals surface area contributed by atoms with Crippen LogP contribution in [0.1, 0.15) is 12.2 Å². The largest absolute Gasteiger partial charge is 0.393 e. The number of aryl methyl sites for hydroxylation is 1. The molecule has 0 saturated heterocycles. The molecule has 0 spiro atoms. The Balaban J connectivity index is 2.37. The molecule has 0 aliphatic rings. The first-order valence-corrected chi connectivity index (χ1v) is 4.80. The molecule has 0 radical (unpaired) electrons. The van der Waals surface area contributed by atoms with Gasteiger partial charge in [0.25, 0.3) is 0 Å². The molecular formula is C8H15N5S. The molecule has 78 valence electrons. The number of aromatic nitrogens is 3. The van der Waals surface area contributed by atoms with Gasteiger partial charge in [-0.15, -0.1) is 0 Å². The van der Waals surface area contributed by atoms with Crippen LogP contribution < -0.4 is 5.73 Å². The van der Waals surface area contributed by atoms with Gasteiger partial charge in [-0.2, -0.15) is 5.10 Å². The predicted molar refractivity (Wildman–Crippen MR) is 58.7 cm³/mol. The molecular weight excluding hydrogens is 198 g/mol. The molecule has 5 nitrogen and oxygen atoms in total. The van der Waals surface area contributed by atoms with Gasteiger partial charge in [0.05, 0.1) is 11.5 Å². The summed E-state index contributed by atoms with van der Waals surface area (Å²) in [6, 6.07) is 0. The fraction of sp³-hybridized carbons (Fsp3) is 0.625. The first-order chi connectivity index (χ1) is 6.59. The fourth-order valence-corrected chi connectivity index (χ4v) is 1.18. The Morgan fingerprint density at radius 2 is 2.43 bits per heavy atom. The van der Waals surface area contributed by atoms with Gasteiger partial charge in [0, 0.05) is 20.0 Å². The summed E-state index contributed by atoms with van der Waals surface area (Å²) >= 11 is 4.81. The van der Waals surface area contributed by atoms with Crippen LogP contribution in [0.4, 0.5) is 0 Å². The van der Waals surface area contributed by atoms with E-state index in [-0.39, 0.29) is 0 Å². The van der Waals surface area contributed by atoms with Crippen molar-refractivity contribution in [2.24, 2.45) is 12.8 Å². The molecule has 0 bridgehead atoms. The number of hydrogen-bond acceptors (Lipinski definition) is 4. The highest BCUT2D eigenvalue weighted by molar-refractivity contribution is 7.80. The van der Waals surface area contributed by atoms with Crippen LogP contribution in [0.25, 0.3) is 0 Å². The molecule has 0 aromatic carbocycles. The van der Waals surface area contributed by atoms with Crippen LogP contribution in [0.5, 0.6) is 0 Å². The second kappa shape index (κ2) is 5.02. The lowest BCUT2D eigenvalue weighted by atomic mass is 10.4. The van der Waals surface area contributed by atoms with E-state index in [9.17, 15) is 0 Å². The summed E-state index contributed by atoms with van der Waals surface area (Å²) in [5.74, 6) is 0.940. The van der Waals surface area contributed by atoms with Gasteiger partial charge in [-0.1, -0.05) is 12.2 Å². The maximum absolute atomic E-state index is 5.42. The van der Waals surface area contributed by atoms with Crippen molar-refractivity contribution in [2.75, 3.05) is 13.6 Å². The third kappa shape index (κ3) is 3.39. The van der Waals surface area contributed by atoms with E-state index in [4.69, 9.17) is 18.0 Å². The molecule has 1 aromatic heterocycles. The fourth-order valence-electron chi connectivity index (χ4n) is 1.08. The summed E-state index contributed by atoms with van der Waals surface area (Å²) in [6.45, 7) is 1.61. The Morgan fingerprint density at radius 3 is 2.93 bits per heavy atom. The smallest absolute Gasteiger partial charge is 0.140 e. The van der Waals surface area contributed by atoms with E-state index in [1.165, 1.54) is 0 Å². The van der Waals surface area contributed by atoms with Crippen molar-refractivity contribution in [3.05, 3.63) is 12.2 Å². The molecule has 0 unspecified atom stereocenters. The molecule has 0 amide bonds. The van der Waals surface area contributed by atoms with Crippen molar-refractivity contribution in [3.8, 4) is 0 Å². The summed E-state index contributed by atoms with van der Waals surface area (Å²) in [5.41, 5.74) is 5.42. The van der Waals surface area contributed by atoms with Crippen LogP contribution in [-0.4, -0.2) is 38.2 Å². The van der Waals surface area contributed by atoms with E-state index >= 15 is 0 Å². The molecule has 1 rings (SSSR count). The lowest BCUT2D eigenvalue weighted by Gasteiger charge is -2.14. The Hall–Kier alpha value is -1.01. The monoisotopic (exact) mass is 213 g/mol. The van der Waals surface area contributed by atoms with Crippen molar-refractivity contribution in [1.29, 1.82) is 0 Å². The van der Waals surface area contributed by atoms with E-state index in [1.54, 1.807) is 11.0 Å². The normalized spacial score (nSPS) is 10.8. The average molecular weight is 213 g/mol. The minimum absolute atomic E-state index is 0.551. The standard InChI is InChI=1S/C8H15N5S/c1-12(4-3-7(9)14)5-8-10-6-11-13(8)2/h6H,3-5H2,1-2H3,(H2,9,14). The first-order valence-electron chi connectivity index (χ1n) is 4.39. The van der Waals surface area contributed by atoms with Gasteiger partial charge in [-0.25, -0.2) is 4.98 Å². The van der Waals surface area contributed by atoms with Crippen LogP contribution in [0.3, 0.4) is 0 Å². The molecule has 0 saturated carbocycles. The van der Waals surface area contributed by atoms with E-state index < -0.39 is 0 Å². The molecule has 0 atom stereocenters. The van der Waals surface area contributed by atoms with Gasteiger partial charge in [0.15, 0.2) is 0 Å². The first kappa shape index (κ1) is 11.1. The lowest BCUT2D eigenvalue weighted by molar-refractivity contribution is 0.322. The summed E-state index contributed by atoms with van der Waals surface area (Å²) < 4.78 is 1.76. The zero-order valence-electron chi connectivity index (χ0n) is 8.47. The molecule has 1 heterocycles. The quantitative estimate of drug-likeness (QED) is 0.693. The summed E-state index contributed by atoms with van der Waals surface area (Å²) in [7, 11) is 3.89. The molecule has 0 aliphatic heterocycles. The SMILES string of the molecule is CN(CCC(N)=S)Cc1ncnn1C. The number of nitrogens with zero attached hydrogens (tertiary/aromatic N) is 4. The molecule has 0 fully saturated rings. The Labute approximate surface area is 88.9 Å². The molecule has 2 N–H and O–H groups in total. The van der Waals surface area contributed by atoms with Crippen LogP contribution in [0, 0.1) is 0 Å². The van der Waals surface area contributed by atoms with Crippen molar-refractivity contribution in [2.45, 2.75) is 13.0 Å². The number of thiocarbonyl (C=S) groups is 1. The van der Waals surface area contributed by atoms with Gasteiger partial charge >= 0.3 is 0 Å². The van der Waals surface area contributed by atoms with Gasteiger partial charge in [-0.05, 0) is 7.05 Å². The van der Waals surface area contributed by atoms with E-state index in [2.05, 4.69) is 15.0 Å². The average Bonchev–Trinajstić information content (AvgIpc) is 2.49. The minimum atomic E-state index is 0.551. The third-order valence-corrected chi connectivity index (χ3v) is 2.16. The highest BCUT2D eigenvalue weighted by atomic mass is 32.1. The Bertz CT molecular complexity index is 308. The summed E-state index contributed by atoms with van der Waals surface area (Å²) in [5, 5.41) is 3.99. The van der Waals surface area contributed by atoms with Gasteiger partial charge in [0.2, 0.25) is 0 Å². The van der Waals surface area contributed by atoms with E-state index in [0.29, 0.717) is 4.99 Å². The molecule has 1 aromatic rings. The Kier molecular flexibility index (Phi) is 3.97. The topological polar surface area (TPSA) is 60.0 Å². The van der Waals surface area contributed by atoms with Crippen molar-refractivity contribution in [3.63, 3.8) is 0 Å². The van der Waals surface area contributed by atoms with E-state index in [0.717, 1.165) is 25.3 Å². The number of hydrogen-bond donors (Lipinski definition) is 1. The molecule has 0 aliphatic carbocycles.